The molecule has 3 fully saturated rings. The average Bonchev–Trinajstić information content (AvgIpc) is 3.41. The molecular formula is C24H33N3O5. The van der Waals surface area contributed by atoms with Crippen LogP contribution < -0.4 is 10.6 Å². The Morgan fingerprint density at radius 2 is 1.97 bits per heavy atom. The molecule has 6 atom stereocenters. The van der Waals surface area contributed by atoms with Crippen molar-refractivity contribution in [2.75, 3.05) is 18.5 Å². The van der Waals surface area contributed by atoms with Crippen LogP contribution in [0.15, 0.2) is 18.2 Å². The van der Waals surface area contributed by atoms with Crippen molar-refractivity contribution in [3.05, 3.63) is 29.3 Å². The predicted molar refractivity (Wildman–Crippen MR) is 119 cm³/mol. The van der Waals surface area contributed by atoms with Crippen LogP contribution in [-0.4, -0.2) is 64.7 Å². The fraction of sp³-hybridized carbons (Fsp3) is 0.625. The Hall–Kier alpha value is -2.45. The third kappa shape index (κ3) is 3.31. The first-order valence-corrected chi connectivity index (χ1v) is 11.5. The number of aliphatic hydroxyl groups is 1. The van der Waals surface area contributed by atoms with Crippen LogP contribution in [0.1, 0.15) is 44.2 Å². The number of carbonyl (C=O) groups is 3. The van der Waals surface area contributed by atoms with E-state index < -0.39 is 29.5 Å². The van der Waals surface area contributed by atoms with Crippen LogP contribution in [0.5, 0.6) is 0 Å². The molecule has 3 N–H and O–H groups in total. The number of nitrogens with one attached hydrogen (secondary N) is 2. The van der Waals surface area contributed by atoms with Gasteiger partial charge in [-0.15, -0.1) is 0 Å². The van der Waals surface area contributed by atoms with Gasteiger partial charge in [0, 0.05) is 12.2 Å². The lowest BCUT2D eigenvalue weighted by atomic mass is 9.70. The maximum Gasteiger partial charge on any atom is 0.250 e. The first-order chi connectivity index (χ1) is 15.3. The quantitative estimate of drug-likeness (QED) is 0.592. The largest absolute Gasteiger partial charge is 0.394 e. The zero-order chi connectivity index (χ0) is 23.2. The SMILES string of the molecule is CCCNC(=O)[C@@H]1[C@@H]2CCC3(O2)C(C(=O)Nc2c(C)cccc2C)N([C@H](C)CO)C(=O)[C@H]13. The summed E-state index contributed by atoms with van der Waals surface area (Å²) in [5, 5.41) is 15.8. The first-order valence-electron chi connectivity index (χ1n) is 11.5. The van der Waals surface area contributed by atoms with E-state index in [9.17, 15) is 19.5 Å². The van der Waals surface area contributed by atoms with Gasteiger partial charge in [0.15, 0.2) is 0 Å². The van der Waals surface area contributed by atoms with Gasteiger partial charge >= 0.3 is 0 Å². The highest BCUT2D eigenvalue weighted by Gasteiger charge is 2.74. The van der Waals surface area contributed by atoms with Crippen LogP contribution in [0.25, 0.3) is 0 Å². The van der Waals surface area contributed by atoms with Crippen molar-refractivity contribution >= 4 is 23.4 Å². The Morgan fingerprint density at radius 1 is 1.28 bits per heavy atom. The van der Waals surface area contributed by atoms with E-state index in [1.807, 2.05) is 39.0 Å². The molecule has 1 aromatic rings. The molecule has 2 bridgehead atoms. The van der Waals surface area contributed by atoms with Crippen LogP contribution in [0, 0.1) is 25.7 Å². The molecule has 0 radical (unpaired) electrons. The number of hydrogen-bond donors (Lipinski definition) is 3. The number of carbonyl (C=O) groups excluding carboxylic acids is 3. The summed E-state index contributed by atoms with van der Waals surface area (Å²) in [6.07, 6.45) is 1.58. The van der Waals surface area contributed by atoms with Crippen molar-refractivity contribution in [2.45, 2.75) is 70.7 Å². The zero-order valence-electron chi connectivity index (χ0n) is 19.2. The van der Waals surface area contributed by atoms with Crippen molar-refractivity contribution in [1.29, 1.82) is 0 Å². The Labute approximate surface area is 188 Å². The number of likely N-dealkylation sites (tertiary alicyclic amines) is 1. The number of amides is 3. The molecule has 3 amide bonds. The van der Waals surface area contributed by atoms with E-state index in [2.05, 4.69) is 10.6 Å². The lowest BCUT2D eigenvalue weighted by Crippen LogP contribution is -2.55. The van der Waals surface area contributed by atoms with E-state index in [0.717, 1.165) is 17.5 Å². The second-order valence-electron chi connectivity index (χ2n) is 9.38. The van der Waals surface area contributed by atoms with Gasteiger partial charge in [-0.1, -0.05) is 25.1 Å². The van der Waals surface area contributed by atoms with Crippen LogP contribution in [0.4, 0.5) is 5.69 Å². The van der Waals surface area contributed by atoms with Gasteiger partial charge in [-0.05, 0) is 51.2 Å². The molecule has 1 aromatic carbocycles. The molecule has 3 aliphatic rings. The van der Waals surface area contributed by atoms with E-state index in [1.54, 1.807) is 6.92 Å². The number of hydrogen-bond acceptors (Lipinski definition) is 5. The normalized spacial score (nSPS) is 31.5. The van der Waals surface area contributed by atoms with E-state index in [4.69, 9.17) is 4.74 Å². The molecule has 0 saturated carbocycles. The van der Waals surface area contributed by atoms with Crippen molar-refractivity contribution < 1.29 is 24.2 Å². The summed E-state index contributed by atoms with van der Waals surface area (Å²) in [7, 11) is 0. The Morgan fingerprint density at radius 3 is 2.59 bits per heavy atom. The van der Waals surface area contributed by atoms with Crippen LogP contribution in [-0.2, 0) is 19.1 Å². The highest BCUT2D eigenvalue weighted by Crippen LogP contribution is 2.58. The van der Waals surface area contributed by atoms with E-state index in [1.165, 1.54) is 4.90 Å². The van der Waals surface area contributed by atoms with Gasteiger partial charge in [0.25, 0.3) is 0 Å². The van der Waals surface area contributed by atoms with Crippen LogP contribution >= 0.6 is 0 Å². The van der Waals surface area contributed by atoms with Gasteiger partial charge in [-0.25, -0.2) is 0 Å². The average molecular weight is 444 g/mol. The second-order valence-corrected chi connectivity index (χ2v) is 9.38. The fourth-order valence-electron chi connectivity index (χ4n) is 5.82. The molecule has 2 unspecified atom stereocenters. The zero-order valence-corrected chi connectivity index (χ0v) is 19.2. The molecule has 0 aromatic heterocycles. The standard InChI is InChI=1S/C24H33N3O5/c1-5-11-25-21(29)17-16-9-10-24(32-16)18(17)23(31)27(15(4)12-28)20(24)22(30)26-19-13(2)7-6-8-14(19)3/h6-8,15-18,20,28H,5,9-12H2,1-4H3,(H,25,29)(H,26,30)/t15-,16+,17-,18+,20?,24?/m1/s1. The van der Waals surface area contributed by atoms with Crippen molar-refractivity contribution in [1.82, 2.24) is 10.2 Å². The molecule has 3 aliphatic heterocycles. The lowest BCUT2D eigenvalue weighted by Gasteiger charge is -2.35. The molecule has 0 aliphatic carbocycles. The van der Waals surface area contributed by atoms with E-state index >= 15 is 0 Å². The fourth-order valence-corrected chi connectivity index (χ4v) is 5.82. The van der Waals surface area contributed by atoms with Gasteiger partial charge in [0.05, 0.1) is 30.6 Å². The van der Waals surface area contributed by atoms with E-state index in [-0.39, 0.29) is 30.4 Å². The summed E-state index contributed by atoms with van der Waals surface area (Å²) >= 11 is 0. The highest BCUT2D eigenvalue weighted by atomic mass is 16.5. The minimum Gasteiger partial charge on any atom is -0.394 e. The number of nitrogens with zero attached hydrogens (tertiary/aromatic N) is 1. The molecular weight excluding hydrogens is 410 g/mol. The van der Waals surface area contributed by atoms with Crippen molar-refractivity contribution in [3.63, 3.8) is 0 Å². The smallest absolute Gasteiger partial charge is 0.250 e. The number of benzene rings is 1. The number of para-hydroxylation sites is 1. The number of fused-ring (bicyclic) bond motifs is 1. The third-order valence-electron chi connectivity index (χ3n) is 7.31. The molecule has 174 valence electrons. The number of ether oxygens (including phenoxy) is 1. The topological polar surface area (TPSA) is 108 Å². The Bertz CT molecular complexity index is 914. The minimum atomic E-state index is -1.06. The molecule has 8 heteroatoms. The highest BCUT2D eigenvalue weighted by molar-refractivity contribution is 6.04. The number of aryl methyl sites for hydroxylation is 2. The van der Waals surface area contributed by atoms with Gasteiger partial charge in [0.1, 0.15) is 11.6 Å². The number of aliphatic hydroxyl groups excluding tert-OH is 1. The summed E-state index contributed by atoms with van der Waals surface area (Å²) in [5.74, 6) is -2.15. The Balaban J connectivity index is 1.72. The molecule has 4 rings (SSSR count). The van der Waals surface area contributed by atoms with Crippen LogP contribution in [0.2, 0.25) is 0 Å². The summed E-state index contributed by atoms with van der Waals surface area (Å²) in [6.45, 7) is 7.78. The summed E-state index contributed by atoms with van der Waals surface area (Å²) in [6, 6.07) is 4.29. The van der Waals surface area contributed by atoms with Crippen LogP contribution in [0.3, 0.4) is 0 Å². The second kappa shape index (κ2) is 8.48. The van der Waals surface area contributed by atoms with E-state index in [0.29, 0.717) is 25.1 Å². The maximum absolute atomic E-state index is 13.7. The van der Waals surface area contributed by atoms with Crippen molar-refractivity contribution in [2.24, 2.45) is 11.8 Å². The summed E-state index contributed by atoms with van der Waals surface area (Å²) in [4.78, 5) is 41.8. The van der Waals surface area contributed by atoms with Gasteiger partial charge in [-0.3, -0.25) is 14.4 Å². The minimum absolute atomic E-state index is 0.191. The molecule has 3 saturated heterocycles. The summed E-state index contributed by atoms with van der Waals surface area (Å²) in [5.41, 5.74) is 1.50. The predicted octanol–water partition coefficient (Wildman–Crippen LogP) is 1.52. The lowest BCUT2D eigenvalue weighted by molar-refractivity contribution is -0.143. The summed E-state index contributed by atoms with van der Waals surface area (Å²) < 4.78 is 6.36. The molecule has 3 heterocycles. The Kier molecular flexibility index (Phi) is 6.02. The molecule has 8 nitrogen and oxygen atoms in total. The van der Waals surface area contributed by atoms with Gasteiger partial charge < -0.3 is 25.4 Å². The molecule has 1 spiro atoms. The number of anilines is 1. The monoisotopic (exact) mass is 443 g/mol. The van der Waals surface area contributed by atoms with Gasteiger partial charge in [-0.2, -0.15) is 0 Å². The number of rotatable bonds is 7. The first kappa shape index (κ1) is 22.7. The van der Waals surface area contributed by atoms with Gasteiger partial charge in [0.2, 0.25) is 17.7 Å². The third-order valence-corrected chi connectivity index (χ3v) is 7.31. The van der Waals surface area contributed by atoms with Crippen molar-refractivity contribution in [3.8, 4) is 0 Å². The molecule has 32 heavy (non-hydrogen) atoms. The maximum atomic E-state index is 13.7.